The van der Waals surface area contributed by atoms with Crippen molar-refractivity contribution >= 4 is 5.82 Å². The number of aromatic nitrogens is 2. The van der Waals surface area contributed by atoms with Gasteiger partial charge in [-0.25, -0.2) is 9.97 Å². The third kappa shape index (κ3) is 2.65. The molecule has 2 unspecified atom stereocenters. The van der Waals surface area contributed by atoms with Gasteiger partial charge in [0.25, 0.3) is 0 Å². The first kappa shape index (κ1) is 10.4. The molecule has 0 spiro atoms. The predicted molar refractivity (Wildman–Crippen MR) is 60.7 cm³/mol. The van der Waals surface area contributed by atoms with E-state index in [1.54, 1.807) is 12.5 Å². The summed E-state index contributed by atoms with van der Waals surface area (Å²) in [6.07, 6.45) is 4.54. The molecule has 1 aliphatic rings. The van der Waals surface area contributed by atoms with Crippen molar-refractivity contribution in [2.24, 2.45) is 5.92 Å². The molecule has 2 atom stereocenters. The first-order valence-electron chi connectivity index (χ1n) is 5.47. The lowest BCUT2D eigenvalue weighted by Gasteiger charge is -2.35. The lowest BCUT2D eigenvalue weighted by molar-refractivity contribution is 0.206. The van der Waals surface area contributed by atoms with Crippen molar-refractivity contribution < 1.29 is 0 Å². The Bertz CT molecular complexity index is 301. The minimum atomic E-state index is 0.538. The van der Waals surface area contributed by atoms with Gasteiger partial charge in [0.05, 0.1) is 0 Å². The van der Waals surface area contributed by atoms with Crippen LogP contribution in [0.15, 0.2) is 18.6 Å². The fourth-order valence-corrected chi connectivity index (χ4v) is 2.13. The molecule has 0 amide bonds. The van der Waals surface area contributed by atoms with Gasteiger partial charge in [-0.2, -0.15) is 0 Å². The number of nitrogens with zero attached hydrogens (tertiary/aromatic N) is 3. The highest BCUT2D eigenvalue weighted by Gasteiger charge is 2.23. The lowest BCUT2D eigenvalue weighted by Crippen LogP contribution is -2.43. The fourth-order valence-electron chi connectivity index (χ4n) is 2.13. The van der Waals surface area contributed by atoms with Crippen LogP contribution < -0.4 is 5.32 Å². The molecular weight excluding hydrogens is 188 g/mol. The van der Waals surface area contributed by atoms with Crippen LogP contribution in [0.2, 0.25) is 0 Å². The number of nitrogens with one attached hydrogen (secondary N) is 1. The zero-order chi connectivity index (χ0) is 10.7. The van der Waals surface area contributed by atoms with Crippen LogP contribution in [0.1, 0.15) is 13.3 Å². The molecule has 0 saturated carbocycles. The van der Waals surface area contributed by atoms with Crippen LogP contribution in [0.4, 0.5) is 5.82 Å². The number of likely N-dealkylation sites (tertiary alicyclic amines) is 1. The smallest absolute Gasteiger partial charge is 0.129 e. The van der Waals surface area contributed by atoms with Gasteiger partial charge in [0.15, 0.2) is 0 Å². The summed E-state index contributed by atoms with van der Waals surface area (Å²) in [6, 6.07) is 2.46. The molecule has 82 valence electrons. The molecule has 1 aromatic heterocycles. The molecular formula is C11H18N4. The van der Waals surface area contributed by atoms with Crippen LogP contribution in [0.25, 0.3) is 0 Å². The molecule has 4 heteroatoms. The van der Waals surface area contributed by atoms with E-state index >= 15 is 0 Å². The molecule has 1 fully saturated rings. The maximum Gasteiger partial charge on any atom is 0.129 e. The van der Waals surface area contributed by atoms with E-state index in [0.29, 0.717) is 12.0 Å². The molecule has 4 nitrogen and oxygen atoms in total. The van der Waals surface area contributed by atoms with Crippen LogP contribution in [0.5, 0.6) is 0 Å². The van der Waals surface area contributed by atoms with Gasteiger partial charge >= 0.3 is 0 Å². The van der Waals surface area contributed by atoms with E-state index in [0.717, 1.165) is 18.9 Å². The Morgan fingerprint density at radius 1 is 1.53 bits per heavy atom. The summed E-state index contributed by atoms with van der Waals surface area (Å²) in [5, 5.41) is 3.47. The van der Waals surface area contributed by atoms with Gasteiger partial charge < -0.3 is 10.2 Å². The van der Waals surface area contributed by atoms with Crippen LogP contribution in [-0.4, -0.2) is 41.0 Å². The number of hydrogen-bond donors (Lipinski definition) is 1. The molecule has 1 saturated heterocycles. The zero-order valence-electron chi connectivity index (χ0n) is 9.35. The summed E-state index contributed by atoms with van der Waals surface area (Å²) in [5.74, 6) is 1.60. The van der Waals surface area contributed by atoms with E-state index in [1.165, 1.54) is 6.42 Å². The third-order valence-electron chi connectivity index (χ3n) is 3.02. The maximum absolute atomic E-state index is 4.19. The van der Waals surface area contributed by atoms with Crippen LogP contribution >= 0.6 is 0 Å². The van der Waals surface area contributed by atoms with E-state index < -0.39 is 0 Å². The van der Waals surface area contributed by atoms with Crippen molar-refractivity contribution in [3.63, 3.8) is 0 Å². The summed E-state index contributed by atoms with van der Waals surface area (Å²) in [5.41, 5.74) is 0. The number of anilines is 1. The number of hydrogen-bond acceptors (Lipinski definition) is 4. The van der Waals surface area contributed by atoms with Gasteiger partial charge in [0, 0.05) is 18.8 Å². The normalized spacial score (nSPS) is 27.6. The average molecular weight is 206 g/mol. The Kier molecular flexibility index (Phi) is 3.16. The van der Waals surface area contributed by atoms with E-state index in [1.807, 2.05) is 6.07 Å². The second kappa shape index (κ2) is 4.57. The molecule has 0 aliphatic carbocycles. The van der Waals surface area contributed by atoms with Crippen LogP contribution in [-0.2, 0) is 0 Å². The largest absolute Gasteiger partial charge is 0.367 e. The first-order valence-corrected chi connectivity index (χ1v) is 5.47. The highest BCUT2D eigenvalue weighted by molar-refractivity contribution is 5.33. The molecule has 15 heavy (non-hydrogen) atoms. The standard InChI is InChI=1S/C11H18N4/c1-9-7-15(2)6-4-10(9)14-11-3-5-12-8-13-11/h3,5,8-10H,4,6-7H2,1-2H3,(H,12,13,14). The second-order valence-electron chi connectivity index (χ2n) is 4.37. The van der Waals surface area contributed by atoms with Gasteiger partial charge in [0.1, 0.15) is 12.1 Å². The van der Waals surface area contributed by atoms with Gasteiger partial charge in [-0.05, 0) is 32.0 Å². The Morgan fingerprint density at radius 3 is 3.07 bits per heavy atom. The summed E-state index contributed by atoms with van der Waals surface area (Å²) < 4.78 is 0. The van der Waals surface area contributed by atoms with Crippen LogP contribution in [0, 0.1) is 5.92 Å². The monoisotopic (exact) mass is 206 g/mol. The molecule has 2 heterocycles. The molecule has 0 radical (unpaired) electrons. The van der Waals surface area contributed by atoms with E-state index in [-0.39, 0.29) is 0 Å². The van der Waals surface area contributed by atoms with Gasteiger partial charge in [-0.3, -0.25) is 0 Å². The lowest BCUT2D eigenvalue weighted by atomic mass is 9.94. The van der Waals surface area contributed by atoms with Crippen molar-refractivity contribution in [3.05, 3.63) is 18.6 Å². The Labute approximate surface area is 90.7 Å². The Morgan fingerprint density at radius 2 is 2.40 bits per heavy atom. The summed E-state index contributed by atoms with van der Waals surface area (Å²) >= 11 is 0. The molecule has 1 N–H and O–H groups in total. The fraction of sp³-hybridized carbons (Fsp3) is 0.636. The van der Waals surface area contributed by atoms with E-state index in [2.05, 4.69) is 34.2 Å². The van der Waals surface area contributed by atoms with E-state index in [9.17, 15) is 0 Å². The molecule has 1 aromatic rings. The van der Waals surface area contributed by atoms with Gasteiger partial charge in [-0.15, -0.1) is 0 Å². The zero-order valence-corrected chi connectivity index (χ0v) is 9.35. The summed E-state index contributed by atoms with van der Waals surface area (Å²) in [7, 11) is 2.18. The van der Waals surface area contributed by atoms with Crippen molar-refractivity contribution in [1.82, 2.24) is 14.9 Å². The first-order chi connectivity index (χ1) is 7.25. The minimum absolute atomic E-state index is 0.538. The van der Waals surface area contributed by atoms with Crippen molar-refractivity contribution in [1.29, 1.82) is 0 Å². The Balaban J connectivity index is 1.95. The predicted octanol–water partition coefficient (Wildman–Crippen LogP) is 1.23. The minimum Gasteiger partial charge on any atom is -0.367 e. The van der Waals surface area contributed by atoms with Crippen molar-refractivity contribution in [3.8, 4) is 0 Å². The average Bonchev–Trinajstić information content (AvgIpc) is 2.24. The topological polar surface area (TPSA) is 41.0 Å². The highest BCUT2D eigenvalue weighted by Crippen LogP contribution is 2.18. The molecule has 2 rings (SSSR count). The molecule has 0 bridgehead atoms. The van der Waals surface area contributed by atoms with Crippen LogP contribution in [0.3, 0.4) is 0 Å². The highest BCUT2D eigenvalue weighted by atomic mass is 15.1. The third-order valence-corrected chi connectivity index (χ3v) is 3.02. The van der Waals surface area contributed by atoms with Crippen molar-refractivity contribution in [2.75, 3.05) is 25.5 Å². The summed E-state index contributed by atoms with van der Waals surface area (Å²) in [6.45, 7) is 4.60. The second-order valence-corrected chi connectivity index (χ2v) is 4.37. The van der Waals surface area contributed by atoms with E-state index in [4.69, 9.17) is 0 Å². The van der Waals surface area contributed by atoms with Gasteiger partial charge in [-0.1, -0.05) is 6.92 Å². The summed E-state index contributed by atoms with van der Waals surface area (Å²) in [4.78, 5) is 10.5. The SMILES string of the molecule is CC1CN(C)CCC1Nc1ccncn1. The van der Waals surface area contributed by atoms with Crippen molar-refractivity contribution in [2.45, 2.75) is 19.4 Å². The maximum atomic E-state index is 4.19. The molecule has 0 aromatic carbocycles. The number of piperidine rings is 1. The quantitative estimate of drug-likeness (QED) is 0.790. The molecule has 1 aliphatic heterocycles. The van der Waals surface area contributed by atoms with Gasteiger partial charge in [0.2, 0.25) is 0 Å². The Hall–Kier alpha value is -1.16. The number of rotatable bonds is 2.